The summed E-state index contributed by atoms with van der Waals surface area (Å²) >= 11 is 0. The molecule has 0 radical (unpaired) electrons. The average molecular weight is 251 g/mol. The van der Waals surface area contributed by atoms with Crippen LogP contribution in [0, 0.1) is 5.92 Å². The van der Waals surface area contributed by atoms with Crippen LogP contribution in [0.1, 0.15) is 24.8 Å². The molecule has 0 aliphatic heterocycles. The minimum Gasteiger partial charge on any atom is -0.504 e. The van der Waals surface area contributed by atoms with Gasteiger partial charge in [-0.15, -0.1) is 0 Å². The normalized spacial score (nSPS) is 23.2. The Morgan fingerprint density at radius 1 is 1.39 bits per heavy atom. The summed E-state index contributed by atoms with van der Waals surface area (Å²) in [6.07, 6.45) is 2.84. The molecule has 1 aromatic rings. The summed E-state index contributed by atoms with van der Waals surface area (Å²) in [5, 5.41) is 22.3. The summed E-state index contributed by atoms with van der Waals surface area (Å²) in [5.41, 5.74) is 1.09. The quantitative estimate of drug-likeness (QED) is 0.744. The topological polar surface area (TPSA) is 61.7 Å². The molecule has 4 nitrogen and oxygen atoms in total. The lowest BCUT2D eigenvalue weighted by Crippen LogP contribution is -2.21. The van der Waals surface area contributed by atoms with Gasteiger partial charge in [0, 0.05) is 6.54 Å². The molecule has 0 aromatic heterocycles. The van der Waals surface area contributed by atoms with Crippen LogP contribution in [0.25, 0.3) is 0 Å². The predicted molar refractivity (Wildman–Crippen MR) is 69.7 cm³/mol. The Kier molecular flexibility index (Phi) is 4.44. The molecule has 1 aliphatic carbocycles. The summed E-state index contributed by atoms with van der Waals surface area (Å²) in [6, 6.07) is 5.37. The van der Waals surface area contributed by atoms with Gasteiger partial charge in [-0.25, -0.2) is 0 Å². The van der Waals surface area contributed by atoms with Crippen molar-refractivity contribution >= 4 is 0 Å². The molecule has 18 heavy (non-hydrogen) atoms. The third-order valence-corrected chi connectivity index (χ3v) is 3.52. The molecule has 4 heteroatoms. The van der Waals surface area contributed by atoms with E-state index in [4.69, 9.17) is 4.74 Å². The number of phenolic OH excluding ortho intramolecular Hbond substituents is 1. The van der Waals surface area contributed by atoms with Crippen molar-refractivity contribution in [3.63, 3.8) is 0 Å². The van der Waals surface area contributed by atoms with E-state index in [9.17, 15) is 10.2 Å². The number of rotatable bonds is 5. The Hall–Kier alpha value is -1.26. The Labute approximate surface area is 108 Å². The highest BCUT2D eigenvalue weighted by Crippen LogP contribution is 2.27. The Bertz CT molecular complexity index is 395. The van der Waals surface area contributed by atoms with Crippen LogP contribution in [0.15, 0.2) is 18.2 Å². The van der Waals surface area contributed by atoms with E-state index >= 15 is 0 Å². The molecular weight excluding hydrogens is 230 g/mol. The first-order valence-corrected chi connectivity index (χ1v) is 6.43. The number of methoxy groups -OCH3 is 1. The molecule has 0 bridgehead atoms. The highest BCUT2D eigenvalue weighted by Gasteiger charge is 2.21. The van der Waals surface area contributed by atoms with E-state index in [0.717, 1.165) is 37.9 Å². The molecule has 1 saturated carbocycles. The second-order valence-corrected chi connectivity index (χ2v) is 4.97. The average Bonchev–Trinajstić information content (AvgIpc) is 2.77. The van der Waals surface area contributed by atoms with Crippen LogP contribution in [0.5, 0.6) is 11.5 Å². The van der Waals surface area contributed by atoms with Crippen molar-refractivity contribution in [3.05, 3.63) is 23.8 Å². The fraction of sp³-hybridized carbons (Fsp3) is 0.571. The Balaban J connectivity index is 1.79. The first-order chi connectivity index (χ1) is 8.69. The Morgan fingerprint density at radius 2 is 2.22 bits per heavy atom. The van der Waals surface area contributed by atoms with Crippen LogP contribution in [-0.2, 0) is 6.54 Å². The van der Waals surface area contributed by atoms with Gasteiger partial charge in [0.2, 0.25) is 0 Å². The van der Waals surface area contributed by atoms with E-state index in [1.165, 1.54) is 0 Å². The molecule has 1 aromatic carbocycles. The first kappa shape index (κ1) is 13.2. The maximum atomic E-state index is 9.49. The lowest BCUT2D eigenvalue weighted by molar-refractivity contribution is 0.177. The summed E-state index contributed by atoms with van der Waals surface area (Å²) in [4.78, 5) is 0. The summed E-state index contributed by atoms with van der Waals surface area (Å²) in [6.45, 7) is 1.68. The van der Waals surface area contributed by atoms with Crippen molar-refractivity contribution in [1.29, 1.82) is 0 Å². The van der Waals surface area contributed by atoms with E-state index in [1.807, 2.05) is 12.1 Å². The smallest absolute Gasteiger partial charge is 0.160 e. The lowest BCUT2D eigenvalue weighted by Gasteiger charge is -2.11. The summed E-state index contributed by atoms with van der Waals surface area (Å²) in [5.74, 6) is 1.25. The van der Waals surface area contributed by atoms with Crippen LogP contribution < -0.4 is 10.1 Å². The van der Waals surface area contributed by atoms with Crippen molar-refractivity contribution in [1.82, 2.24) is 5.32 Å². The SMILES string of the molecule is COc1cc(CNCC2CCC(O)C2)ccc1O. The third kappa shape index (κ3) is 3.37. The van der Waals surface area contributed by atoms with Gasteiger partial charge in [-0.1, -0.05) is 6.07 Å². The monoisotopic (exact) mass is 251 g/mol. The zero-order valence-corrected chi connectivity index (χ0v) is 10.7. The number of aromatic hydroxyl groups is 1. The zero-order chi connectivity index (χ0) is 13.0. The van der Waals surface area contributed by atoms with Gasteiger partial charge in [0.05, 0.1) is 13.2 Å². The minimum atomic E-state index is -0.106. The number of nitrogens with one attached hydrogen (secondary N) is 1. The van der Waals surface area contributed by atoms with Crippen LogP contribution in [-0.4, -0.2) is 30.0 Å². The van der Waals surface area contributed by atoms with Gasteiger partial charge in [-0.05, 0) is 49.4 Å². The number of hydrogen-bond acceptors (Lipinski definition) is 4. The van der Waals surface area contributed by atoms with E-state index in [1.54, 1.807) is 13.2 Å². The second-order valence-electron chi connectivity index (χ2n) is 4.97. The number of aliphatic hydroxyl groups excluding tert-OH is 1. The van der Waals surface area contributed by atoms with E-state index in [2.05, 4.69) is 5.32 Å². The molecule has 0 amide bonds. The number of benzene rings is 1. The minimum absolute atomic E-state index is 0.106. The van der Waals surface area contributed by atoms with Gasteiger partial charge in [-0.2, -0.15) is 0 Å². The Morgan fingerprint density at radius 3 is 2.89 bits per heavy atom. The molecule has 0 heterocycles. The van der Waals surface area contributed by atoms with Crippen LogP contribution in [0.4, 0.5) is 0 Å². The fourth-order valence-electron chi connectivity index (χ4n) is 2.49. The van der Waals surface area contributed by atoms with Gasteiger partial charge in [0.15, 0.2) is 11.5 Å². The van der Waals surface area contributed by atoms with Crippen molar-refractivity contribution in [2.75, 3.05) is 13.7 Å². The van der Waals surface area contributed by atoms with Crippen LogP contribution in [0.2, 0.25) is 0 Å². The largest absolute Gasteiger partial charge is 0.504 e. The molecule has 2 atom stereocenters. The molecule has 2 rings (SSSR count). The number of phenols is 1. The predicted octanol–water partition coefficient (Wildman–Crippen LogP) is 1.65. The van der Waals surface area contributed by atoms with Gasteiger partial charge in [-0.3, -0.25) is 0 Å². The molecule has 1 fully saturated rings. The van der Waals surface area contributed by atoms with Gasteiger partial charge in [0.1, 0.15) is 0 Å². The second kappa shape index (κ2) is 6.07. The first-order valence-electron chi connectivity index (χ1n) is 6.43. The van der Waals surface area contributed by atoms with E-state index in [0.29, 0.717) is 11.7 Å². The molecule has 100 valence electrons. The van der Waals surface area contributed by atoms with Gasteiger partial charge >= 0.3 is 0 Å². The maximum absolute atomic E-state index is 9.49. The highest BCUT2D eigenvalue weighted by atomic mass is 16.5. The third-order valence-electron chi connectivity index (χ3n) is 3.52. The molecular formula is C14H21NO3. The van der Waals surface area contributed by atoms with E-state index < -0.39 is 0 Å². The fourth-order valence-corrected chi connectivity index (χ4v) is 2.49. The lowest BCUT2D eigenvalue weighted by atomic mass is 10.1. The standard InChI is InChI=1S/C14H21NO3/c1-18-14-7-11(3-5-13(14)17)9-15-8-10-2-4-12(16)6-10/h3,5,7,10,12,15-17H,2,4,6,8-9H2,1H3. The highest BCUT2D eigenvalue weighted by molar-refractivity contribution is 5.41. The van der Waals surface area contributed by atoms with Crippen molar-refractivity contribution in [2.45, 2.75) is 31.9 Å². The number of aliphatic hydroxyl groups is 1. The van der Waals surface area contributed by atoms with E-state index in [-0.39, 0.29) is 11.9 Å². The van der Waals surface area contributed by atoms with Crippen LogP contribution in [0.3, 0.4) is 0 Å². The van der Waals surface area contributed by atoms with Crippen LogP contribution >= 0.6 is 0 Å². The van der Waals surface area contributed by atoms with Gasteiger partial charge < -0.3 is 20.3 Å². The molecule has 3 N–H and O–H groups in total. The molecule has 2 unspecified atom stereocenters. The molecule has 0 saturated heterocycles. The molecule has 1 aliphatic rings. The zero-order valence-electron chi connectivity index (χ0n) is 10.7. The number of hydrogen-bond donors (Lipinski definition) is 3. The number of ether oxygens (including phenoxy) is 1. The molecule has 0 spiro atoms. The summed E-state index contributed by atoms with van der Waals surface area (Å²) in [7, 11) is 1.55. The van der Waals surface area contributed by atoms with Gasteiger partial charge in [0.25, 0.3) is 0 Å². The maximum Gasteiger partial charge on any atom is 0.160 e. The van der Waals surface area contributed by atoms with Crippen molar-refractivity contribution < 1.29 is 14.9 Å². The van der Waals surface area contributed by atoms with Crippen molar-refractivity contribution in [2.24, 2.45) is 5.92 Å². The summed E-state index contributed by atoms with van der Waals surface area (Å²) < 4.78 is 5.07. The van der Waals surface area contributed by atoms with Crippen molar-refractivity contribution in [3.8, 4) is 11.5 Å².